The highest BCUT2D eigenvalue weighted by Crippen LogP contribution is 2.55. The Bertz CT molecular complexity index is 364. The van der Waals surface area contributed by atoms with E-state index in [1.165, 1.54) is 0 Å². The van der Waals surface area contributed by atoms with E-state index < -0.39 is 34.5 Å². The topological polar surface area (TPSA) is 66.4 Å². The van der Waals surface area contributed by atoms with Crippen LogP contribution in [0, 0.1) is 0 Å². The van der Waals surface area contributed by atoms with Crippen molar-refractivity contribution in [2.24, 2.45) is 0 Å². The average molecular weight is 315 g/mol. The summed E-state index contributed by atoms with van der Waals surface area (Å²) in [6.07, 6.45) is -21.8. The van der Waals surface area contributed by atoms with E-state index in [9.17, 15) is 52.5 Å². The Morgan fingerprint density at radius 2 is 0.944 bits per heavy atom. The number of alkyl halides is 9. The normalized spacial score (nSPS) is 15.9. The number of hydrogen-bond acceptors (Lipinski definition) is 4. The zero-order chi connectivity index (χ0) is 15.2. The smallest absolute Gasteiger partial charge is 0.437 e. The van der Waals surface area contributed by atoms with Crippen LogP contribution in [0.25, 0.3) is 0 Å². The first-order valence-electron chi connectivity index (χ1n) is 3.32. The predicted molar refractivity (Wildman–Crippen MR) is 31.7 cm³/mol. The fraction of sp³-hybridized carbons (Fsp3) is 1.00. The molecule has 0 aromatic carbocycles. The largest absolute Gasteiger partial charge is 0.725 e. The Labute approximate surface area is 92.3 Å². The minimum atomic E-state index is -7.26. The van der Waals surface area contributed by atoms with Gasteiger partial charge in [-0.05, 0) is 0 Å². The molecule has 0 saturated heterocycles. The van der Waals surface area contributed by atoms with E-state index in [1.54, 1.807) is 4.18 Å². The van der Waals surface area contributed by atoms with Crippen molar-refractivity contribution < 1.29 is 56.7 Å². The van der Waals surface area contributed by atoms with E-state index in [2.05, 4.69) is 0 Å². The van der Waals surface area contributed by atoms with Crippen molar-refractivity contribution in [1.82, 2.24) is 0 Å². The number of rotatable bonds is 2. The Kier molecular flexibility index (Phi) is 3.95. The fourth-order valence-electron chi connectivity index (χ4n) is 0.777. The predicted octanol–water partition coefficient (Wildman–Crippen LogP) is 1.89. The van der Waals surface area contributed by atoms with Crippen LogP contribution in [0.4, 0.5) is 39.5 Å². The van der Waals surface area contributed by atoms with Crippen LogP contribution in [0.5, 0.6) is 0 Å². The lowest BCUT2D eigenvalue weighted by Gasteiger charge is -2.37. The highest BCUT2D eigenvalue weighted by molar-refractivity contribution is 7.80. The van der Waals surface area contributed by atoms with Crippen LogP contribution < -0.4 is 0 Å². The van der Waals surface area contributed by atoms with Crippen molar-refractivity contribution in [1.29, 1.82) is 0 Å². The molecule has 0 saturated carbocycles. The molecule has 0 aromatic heterocycles. The van der Waals surface area contributed by atoms with Crippen molar-refractivity contribution in [2.75, 3.05) is 0 Å². The SMILES string of the molecule is O=S(=O)([O-])OC(C(F)(F)F)(C(F)(F)F)C(F)(F)F. The van der Waals surface area contributed by atoms with E-state index in [4.69, 9.17) is 0 Å². The molecule has 14 heteroatoms. The standard InChI is InChI=1S/C4HF9O4S/c5-2(6,7)1(3(8,9)10,4(11,12)13)17-18(14,15)16/h(H,14,15,16)/p-1. The van der Waals surface area contributed by atoms with E-state index in [0.717, 1.165) is 0 Å². The molecule has 0 aromatic rings. The molecular weight excluding hydrogens is 315 g/mol. The minimum Gasteiger partial charge on any atom is -0.725 e. The molecule has 0 unspecified atom stereocenters. The Morgan fingerprint density at radius 1 is 0.722 bits per heavy atom. The monoisotopic (exact) mass is 315 g/mol. The molecule has 0 heterocycles. The van der Waals surface area contributed by atoms with Crippen LogP contribution in [-0.4, -0.2) is 37.1 Å². The maximum absolute atomic E-state index is 11.9. The maximum atomic E-state index is 11.9. The quantitative estimate of drug-likeness (QED) is 0.443. The van der Waals surface area contributed by atoms with Crippen LogP contribution >= 0.6 is 0 Å². The first-order valence-corrected chi connectivity index (χ1v) is 4.65. The van der Waals surface area contributed by atoms with Crippen molar-refractivity contribution >= 4 is 10.4 Å². The molecule has 0 amide bonds. The average Bonchev–Trinajstić information content (AvgIpc) is 1.90. The second kappa shape index (κ2) is 4.12. The molecular formula is C4F9O4S-. The van der Waals surface area contributed by atoms with Crippen molar-refractivity contribution in [3.8, 4) is 0 Å². The fourth-order valence-corrected chi connectivity index (χ4v) is 1.37. The zero-order valence-corrected chi connectivity index (χ0v) is 8.26. The van der Waals surface area contributed by atoms with Gasteiger partial charge in [-0.25, -0.2) is 12.6 Å². The van der Waals surface area contributed by atoms with E-state index >= 15 is 0 Å². The van der Waals surface area contributed by atoms with Gasteiger partial charge in [0, 0.05) is 0 Å². The Hall–Kier alpha value is -0.760. The summed E-state index contributed by atoms with van der Waals surface area (Å²) in [6.45, 7) is 0. The van der Waals surface area contributed by atoms with Crippen molar-refractivity contribution in [3.63, 3.8) is 0 Å². The molecule has 110 valence electrons. The van der Waals surface area contributed by atoms with E-state index in [-0.39, 0.29) is 0 Å². The molecule has 0 atom stereocenters. The highest BCUT2D eigenvalue weighted by Gasteiger charge is 2.86. The zero-order valence-electron chi connectivity index (χ0n) is 7.44. The summed E-state index contributed by atoms with van der Waals surface area (Å²) in [7, 11) is -6.94. The van der Waals surface area contributed by atoms with Gasteiger partial charge >= 0.3 is 24.1 Å². The second-order valence-electron chi connectivity index (χ2n) is 2.67. The third-order valence-corrected chi connectivity index (χ3v) is 1.88. The lowest BCUT2D eigenvalue weighted by molar-refractivity contribution is -0.437. The van der Waals surface area contributed by atoms with E-state index in [0.29, 0.717) is 0 Å². The maximum Gasteiger partial charge on any atom is 0.437 e. The van der Waals surface area contributed by atoms with Gasteiger partial charge in [0.05, 0.1) is 0 Å². The molecule has 0 aliphatic carbocycles. The van der Waals surface area contributed by atoms with Gasteiger partial charge < -0.3 is 4.55 Å². The number of halogens is 9. The first kappa shape index (κ1) is 17.2. The van der Waals surface area contributed by atoms with Crippen LogP contribution in [0.2, 0.25) is 0 Å². The molecule has 0 rings (SSSR count). The highest BCUT2D eigenvalue weighted by atomic mass is 32.3. The molecule has 0 aliphatic rings. The third-order valence-electron chi connectivity index (χ3n) is 1.42. The lowest BCUT2D eigenvalue weighted by Crippen LogP contribution is -2.68. The van der Waals surface area contributed by atoms with Gasteiger partial charge in [0.1, 0.15) is 0 Å². The van der Waals surface area contributed by atoms with Gasteiger partial charge in [0.15, 0.2) is 0 Å². The van der Waals surface area contributed by atoms with Crippen molar-refractivity contribution in [2.45, 2.75) is 24.1 Å². The molecule has 18 heavy (non-hydrogen) atoms. The molecule has 0 radical (unpaired) electrons. The van der Waals surface area contributed by atoms with Gasteiger partial charge in [0.25, 0.3) is 0 Å². The minimum absolute atomic E-state index is 1.76. The summed E-state index contributed by atoms with van der Waals surface area (Å²) in [5, 5.41) is 0. The molecule has 0 spiro atoms. The molecule has 0 fully saturated rings. The Balaban J connectivity index is 6.27. The molecule has 0 aliphatic heterocycles. The summed E-state index contributed by atoms with van der Waals surface area (Å²) < 4.78 is 138. The number of hydrogen-bond donors (Lipinski definition) is 0. The van der Waals surface area contributed by atoms with Gasteiger partial charge in [-0.1, -0.05) is 0 Å². The van der Waals surface area contributed by atoms with Gasteiger partial charge in [0.2, 0.25) is 10.4 Å². The lowest BCUT2D eigenvalue weighted by atomic mass is 10.0. The van der Waals surface area contributed by atoms with Crippen molar-refractivity contribution in [3.05, 3.63) is 0 Å². The van der Waals surface area contributed by atoms with Gasteiger partial charge in [-0.3, -0.25) is 0 Å². The van der Waals surface area contributed by atoms with Crippen LogP contribution in [0.3, 0.4) is 0 Å². The summed E-state index contributed by atoms with van der Waals surface area (Å²) >= 11 is 0. The summed E-state index contributed by atoms with van der Waals surface area (Å²) in [6, 6.07) is 0. The van der Waals surface area contributed by atoms with Gasteiger partial charge in [-0.2, -0.15) is 39.5 Å². The van der Waals surface area contributed by atoms with Crippen LogP contribution in [0.1, 0.15) is 0 Å². The second-order valence-corrected chi connectivity index (χ2v) is 3.65. The van der Waals surface area contributed by atoms with Crippen LogP contribution in [-0.2, 0) is 14.6 Å². The third kappa shape index (κ3) is 2.97. The summed E-state index contributed by atoms with van der Waals surface area (Å²) in [5.41, 5.74) is -7.10. The molecule has 4 nitrogen and oxygen atoms in total. The first-order chi connectivity index (χ1) is 7.46. The summed E-state index contributed by atoms with van der Waals surface area (Å²) in [4.78, 5) is 0. The molecule has 0 N–H and O–H groups in total. The van der Waals surface area contributed by atoms with Gasteiger partial charge in [-0.15, -0.1) is 0 Å². The summed E-state index contributed by atoms with van der Waals surface area (Å²) in [5.74, 6) is 0. The van der Waals surface area contributed by atoms with E-state index in [1.807, 2.05) is 0 Å². The molecule has 0 bridgehead atoms. The Morgan fingerprint density at radius 3 is 1.00 bits per heavy atom. The van der Waals surface area contributed by atoms with Crippen LogP contribution in [0.15, 0.2) is 0 Å².